The molecule has 3 aromatic rings. The van der Waals surface area contributed by atoms with E-state index >= 15 is 0 Å². The van der Waals surface area contributed by atoms with Crippen LogP contribution < -0.4 is 14.8 Å². The highest BCUT2D eigenvalue weighted by Gasteiger charge is 2.24. The van der Waals surface area contributed by atoms with Gasteiger partial charge in [-0.25, -0.2) is 9.79 Å². The first kappa shape index (κ1) is 24.4. The molecule has 0 spiro atoms. The molecule has 4 rings (SSSR count). The van der Waals surface area contributed by atoms with E-state index in [2.05, 4.69) is 10.3 Å². The Morgan fingerprint density at radius 1 is 1.11 bits per heavy atom. The number of benzene rings is 3. The van der Waals surface area contributed by atoms with E-state index in [4.69, 9.17) is 26.2 Å². The summed E-state index contributed by atoms with van der Waals surface area (Å²) in [5.74, 6) is -0.180. The van der Waals surface area contributed by atoms with Crippen LogP contribution in [-0.2, 0) is 11.4 Å². The molecule has 1 heterocycles. The van der Waals surface area contributed by atoms with Gasteiger partial charge in [0.2, 0.25) is 0 Å². The molecule has 0 saturated carbocycles. The Balaban J connectivity index is 1.48. The lowest BCUT2D eigenvalue weighted by molar-refractivity contribution is -0.115. The number of hydrogen-bond donors (Lipinski definition) is 2. The van der Waals surface area contributed by atoms with Crippen molar-refractivity contribution in [1.29, 1.82) is 0 Å². The molecule has 0 radical (unpaired) electrons. The standard InChI is InChI=1S/C26H21ClN2O5S/c1-15-3-9-19(27)13-20(15)28-26-29-24(30)23(35-26)12-17-6-10-21(22(11-17)33-2)34-14-16-4-7-18(8-5-16)25(31)32/h3-13H,14H2,1-2H3,(H,31,32)(H,28,29,30)/b23-12+. The molecule has 1 fully saturated rings. The molecular formula is C26H21ClN2O5S. The summed E-state index contributed by atoms with van der Waals surface area (Å²) in [7, 11) is 1.54. The lowest BCUT2D eigenvalue weighted by Crippen LogP contribution is -2.19. The predicted octanol–water partition coefficient (Wildman–Crippen LogP) is 5.83. The molecule has 0 atom stereocenters. The molecular weight excluding hydrogens is 488 g/mol. The van der Waals surface area contributed by atoms with Crippen LogP contribution in [0.2, 0.25) is 5.02 Å². The average Bonchev–Trinajstić information content (AvgIpc) is 3.19. The minimum Gasteiger partial charge on any atom is -0.493 e. The number of carbonyl (C=O) groups is 2. The average molecular weight is 509 g/mol. The highest BCUT2D eigenvalue weighted by Crippen LogP contribution is 2.33. The van der Waals surface area contributed by atoms with Crippen molar-refractivity contribution in [3.63, 3.8) is 0 Å². The summed E-state index contributed by atoms with van der Waals surface area (Å²) in [5, 5.41) is 12.8. The van der Waals surface area contributed by atoms with E-state index in [1.807, 2.05) is 19.1 Å². The smallest absolute Gasteiger partial charge is 0.335 e. The number of thioether (sulfide) groups is 1. The van der Waals surface area contributed by atoms with Crippen molar-refractivity contribution >= 4 is 52.2 Å². The second kappa shape index (κ2) is 10.7. The van der Waals surface area contributed by atoms with E-state index in [9.17, 15) is 9.59 Å². The second-order valence-corrected chi connectivity index (χ2v) is 9.08. The molecule has 0 unspecified atom stereocenters. The van der Waals surface area contributed by atoms with Crippen LogP contribution in [0, 0.1) is 6.92 Å². The fourth-order valence-corrected chi connectivity index (χ4v) is 4.24. The fourth-order valence-electron chi connectivity index (χ4n) is 3.24. The number of amidine groups is 1. The SMILES string of the molecule is COc1cc(/C=C2/SC(=Nc3cc(Cl)ccc3C)NC2=O)ccc1OCc1ccc(C(=O)O)cc1. The first-order valence-corrected chi connectivity index (χ1v) is 11.7. The molecule has 0 aromatic heterocycles. The zero-order valence-electron chi connectivity index (χ0n) is 18.9. The van der Waals surface area contributed by atoms with Gasteiger partial charge in [0.1, 0.15) is 6.61 Å². The van der Waals surface area contributed by atoms with Crippen molar-refractivity contribution in [2.24, 2.45) is 4.99 Å². The Morgan fingerprint density at radius 3 is 2.60 bits per heavy atom. The number of aryl methyl sites for hydroxylation is 1. The molecule has 9 heteroatoms. The zero-order valence-corrected chi connectivity index (χ0v) is 20.4. The van der Waals surface area contributed by atoms with Crippen LogP contribution in [0.1, 0.15) is 27.0 Å². The van der Waals surface area contributed by atoms with E-state index in [0.717, 1.165) is 16.7 Å². The summed E-state index contributed by atoms with van der Waals surface area (Å²) >= 11 is 7.31. The lowest BCUT2D eigenvalue weighted by Gasteiger charge is -2.11. The van der Waals surface area contributed by atoms with Crippen LogP contribution >= 0.6 is 23.4 Å². The highest BCUT2D eigenvalue weighted by atomic mass is 35.5. The summed E-state index contributed by atoms with van der Waals surface area (Å²) in [6.45, 7) is 2.17. The fraction of sp³-hybridized carbons (Fsp3) is 0.115. The van der Waals surface area contributed by atoms with Gasteiger partial charge in [-0.05, 0) is 77.9 Å². The predicted molar refractivity (Wildman–Crippen MR) is 138 cm³/mol. The van der Waals surface area contributed by atoms with Crippen molar-refractivity contribution in [2.75, 3.05) is 7.11 Å². The van der Waals surface area contributed by atoms with Gasteiger partial charge in [-0.15, -0.1) is 0 Å². The van der Waals surface area contributed by atoms with Crippen LogP contribution in [0.3, 0.4) is 0 Å². The van der Waals surface area contributed by atoms with Gasteiger partial charge < -0.3 is 19.9 Å². The van der Waals surface area contributed by atoms with Gasteiger partial charge in [0.05, 0.1) is 23.3 Å². The Labute approximate surface area is 211 Å². The molecule has 1 saturated heterocycles. The zero-order chi connectivity index (χ0) is 24.9. The van der Waals surface area contributed by atoms with Crippen molar-refractivity contribution in [3.05, 3.63) is 92.8 Å². The monoisotopic (exact) mass is 508 g/mol. The third-order valence-electron chi connectivity index (χ3n) is 5.12. The number of aliphatic imine (C=N–C) groups is 1. The summed E-state index contributed by atoms with van der Waals surface area (Å²) in [5.41, 5.74) is 3.45. The first-order valence-electron chi connectivity index (χ1n) is 10.5. The van der Waals surface area contributed by atoms with Crippen LogP contribution in [0.5, 0.6) is 11.5 Å². The van der Waals surface area contributed by atoms with E-state index in [0.29, 0.717) is 32.3 Å². The van der Waals surface area contributed by atoms with Gasteiger partial charge in [0, 0.05) is 5.02 Å². The van der Waals surface area contributed by atoms with Crippen molar-refractivity contribution in [3.8, 4) is 11.5 Å². The third-order valence-corrected chi connectivity index (χ3v) is 6.27. The molecule has 7 nitrogen and oxygen atoms in total. The van der Waals surface area contributed by atoms with E-state index in [1.54, 1.807) is 42.5 Å². The van der Waals surface area contributed by atoms with Gasteiger partial charge in [-0.3, -0.25) is 4.79 Å². The number of carboxylic acids is 1. The lowest BCUT2D eigenvalue weighted by atomic mass is 10.1. The van der Waals surface area contributed by atoms with E-state index in [-0.39, 0.29) is 18.1 Å². The molecule has 1 aliphatic rings. The largest absolute Gasteiger partial charge is 0.493 e. The van der Waals surface area contributed by atoms with Crippen molar-refractivity contribution < 1.29 is 24.2 Å². The maximum Gasteiger partial charge on any atom is 0.335 e. The Bertz CT molecular complexity index is 1350. The molecule has 178 valence electrons. The van der Waals surface area contributed by atoms with Gasteiger partial charge >= 0.3 is 5.97 Å². The number of carbonyl (C=O) groups excluding carboxylic acids is 1. The van der Waals surface area contributed by atoms with Crippen molar-refractivity contribution in [2.45, 2.75) is 13.5 Å². The Kier molecular flexibility index (Phi) is 7.43. The topological polar surface area (TPSA) is 97.2 Å². The number of amides is 1. The second-order valence-electron chi connectivity index (χ2n) is 7.61. The van der Waals surface area contributed by atoms with E-state index < -0.39 is 5.97 Å². The minimum absolute atomic E-state index is 0.216. The van der Waals surface area contributed by atoms with Gasteiger partial charge in [0.15, 0.2) is 16.7 Å². The number of aromatic carboxylic acids is 1. The quantitative estimate of drug-likeness (QED) is 0.390. The van der Waals surface area contributed by atoms with Crippen LogP contribution in [0.4, 0.5) is 5.69 Å². The minimum atomic E-state index is -0.976. The Morgan fingerprint density at radius 2 is 1.89 bits per heavy atom. The molecule has 2 N–H and O–H groups in total. The number of ether oxygens (including phenoxy) is 2. The number of rotatable bonds is 7. The maximum atomic E-state index is 12.5. The number of halogens is 1. The normalized spacial score (nSPS) is 15.3. The summed E-state index contributed by atoms with van der Waals surface area (Å²) in [4.78, 5) is 28.5. The molecule has 0 aliphatic carbocycles. The summed E-state index contributed by atoms with van der Waals surface area (Å²) < 4.78 is 11.3. The molecule has 1 amide bonds. The van der Waals surface area contributed by atoms with Gasteiger partial charge in [0.25, 0.3) is 5.91 Å². The summed E-state index contributed by atoms with van der Waals surface area (Å²) in [6.07, 6.45) is 1.75. The molecule has 3 aromatic carbocycles. The number of carboxylic acid groups (broad SMARTS) is 1. The first-order chi connectivity index (χ1) is 16.8. The van der Waals surface area contributed by atoms with Crippen LogP contribution in [0.25, 0.3) is 6.08 Å². The van der Waals surface area contributed by atoms with E-state index in [1.165, 1.54) is 31.0 Å². The Hall–Kier alpha value is -3.75. The van der Waals surface area contributed by atoms with Gasteiger partial charge in [-0.2, -0.15) is 0 Å². The van der Waals surface area contributed by atoms with Crippen molar-refractivity contribution in [1.82, 2.24) is 5.32 Å². The van der Waals surface area contributed by atoms with Crippen LogP contribution in [-0.4, -0.2) is 29.3 Å². The molecule has 1 aliphatic heterocycles. The number of hydrogen-bond acceptors (Lipinski definition) is 6. The maximum absolute atomic E-state index is 12.5. The third kappa shape index (κ3) is 6.03. The summed E-state index contributed by atoms with van der Waals surface area (Å²) in [6, 6.07) is 17.3. The highest BCUT2D eigenvalue weighted by molar-refractivity contribution is 8.18. The molecule has 35 heavy (non-hydrogen) atoms. The van der Waals surface area contributed by atoms with Gasteiger partial charge in [-0.1, -0.05) is 35.9 Å². The van der Waals surface area contributed by atoms with Crippen LogP contribution in [0.15, 0.2) is 70.6 Å². The number of nitrogens with zero attached hydrogens (tertiary/aromatic N) is 1. The number of methoxy groups -OCH3 is 1. The number of nitrogens with one attached hydrogen (secondary N) is 1. The molecule has 0 bridgehead atoms.